The lowest BCUT2D eigenvalue weighted by Crippen LogP contribution is -2.40. The number of benzene rings is 1. The average Bonchev–Trinajstić information content (AvgIpc) is 3.07. The maximum atomic E-state index is 12.1. The van der Waals surface area contributed by atoms with Crippen molar-refractivity contribution in [1.29, 1.82) is 0 Å². The van der Waals surface area contributed by atoms with Gasteiger partial charge in [-0.05, 0) is 17.7 Å². The van der Waals surface area contributed by atoms with E-state index >= 15 is 0 Å². The van der Waals surface area contributed by atoms with Crippen molar-refractivity contribution in [2.75, 3.05) is 25.9 Å². The molecule has 0 aliphatic rings. The van der Waals surface area contributed by atoms with Gasteiger partial charge in [-0.2, -0.15) is 0 Å². The largest absolute Gasteiger partial charge is 0.355 e. The minimum atomic E-state index is -0.869. The molecule has 5 nitrogen and oxygen atoms in total. The third-order valence-electron chi connectivity index (χ3n) is 3.34. The van der Waals surface area contributed by atoms with E-state index < -0.39 is 10.8 Å². The minimum Gasteiger partial charge on any atom is -0.355 e. The Labute approximate surface area is 163 Å². The molecule has 7 heteroatoms. The second-order valence-electron chi connectivity index (χ2n) is 5.12. The molecular formula is C17H25IN4OS. The Morgan fingerprint density at radius 3 is 2.42 bits per heavy atom. The quantitative estimate of drug-likeness (QED) is 0.361. The number of rotatable bonds is 8. The van der Waals surface area contributed by atoms with E-state index in [0.29, 0.717) is 18.1 Å². The lowest BCUT2D eigenvalue weighted by Gasteiger charge is -2.12. The van der Waals surface area contributed by atoms with E-state index in [1.165, 1.54) is 0 Å². The Kier molecular flexibility index (Phi) is 10.4. The van der Waals surface area contributed by atoms with Crippen molar-refractivity contribution in [3.8, 4) is 0 Å². The molecule has 1 atom stereocenters. The molecule has 132 valence electrons. The van der Waals surface area contributed by atoms with Crippen LogP contribution in [0.3, 0.4) is 0 Å². The molecule has 0 bridgehead atoms. The molecule has 0 saturated carbocycles. The summed E-state index contributed by atoms with van der Waals surface area (Å²) in [5, 5.41) is 6.45. The lowest BCUT2D eigenvalue weighted by molar-refractivity contribution is 0.665. The third-order valence-corrected chi connectivity index (χ3v) is 4.66. The average molecular weight is 460 g/mol. The van der Waals surface area contributed by atoms with Crippen molar-refractivity contribution in [2.45, 2.75) is 12.3 Å². The maximum Gasteiger partial charge on any atom is 0.191 e. The first kappa shape index (κ1) is 20.7. The Hall–Kier alpha value is -1.35. The van der Waals surface area contributed by atoms with Crippen LogP contribution in [0, 0.1) is 0 Å². The van der Waals surface area contributed by atoms with E-state index in [0.717, 1.165) is 24.6 Å². The molecule has 0 saturated heterocycles. The highest BCUT2D eigenvalue weighted by molar-refractivity contribution is 14.0. The fourth-order valence-corrected chi connectivity index (χ4v) is 3.20. The number of halogens is 1. The van der Waals surface area contributed by atoms with Crippen LogP contribution in [0.25, 0.3) is 0 Å². The molecule has 0 amide bonds. The van der Waals surface area contributed by atoms with Gasteiger partial charge in [-0.25, -0.2) is 0 Å². The first-order valence-electron chi connectivity index (χ1n) is 7.72. The molecular weight excluding hydrogens is 435 g/mol. The molecule has 2 N–H and O–H groups in total. The highest BCUT2D eigenvalue weighted by atomic mass is 127. The van der Waals surface area contributed by atoms with Gasteiger partial charge in [-0.15, -0.1) is 24.0 Å². The minimum absolute atomic E-state index is 0. The second-order valence-corrected chi connectivity index (χ2v) is 6.70. The lowest BCUT2D eigenvalue weighted by atomic mass is 10.2. The van der Waals surface area contributed by atoms with E-state index in [2.05, 4.69) is 20.2 Å². The number of aromatic nitrogens is 1. The summed E-state index contributed by atoms with van der Waals surface area (Å²) in [4.78, 5) is 4.17. The van der Waals surface area contributed by atoms with Gasteiger partial charge in [0, 0.05) is 61.4 Å². The van der Waals surface area contributed by atoms with E-state index in [1.54, 1.807) is 7.05 Å². The van der Waals surface area contributed by atoms with Crippen molar-refractivity contribution < 1.29 is 4.21 Å². The predicted octanol–water partition coefficient (Wildman–Crippen LogP) is 2.22. The van der Waals surface area contributed by atoms with Gasteiger partial charge in [0.15, 0.2) is 5.96 Å². The summed E-state index contributed by atoms with van der Waals surface area (Å²) in [6, 6.07) is 13.9. The predicted molar refractivity (Wildman–Crippen MR) is 112 cm³/mol. The first-order valence-corrected chi connectivity index (χ1v) is 9.21. The zero-order valence-electron chi connectivity index (χ0n) is 13.9. The molecule has 0 aliphatic carbocycles. The van der Waals surface area contributed by atoms with Crippen LogP contribution in [0.1, 0.15) is 5.56 Å². The van der Waals surface area contributed by atoms with Crippen LogP contribution in [0.15, 0.2) is 59.9 Å². The van der Waals surface area contributed by atoms with Crippen molar-refractivity contribution in [3.05, 3.63) is 60.4 Å². The van der Waals surface area contributed by atoms with E-state index in [-0.39, 0.29) is 24.0 Å². The number of nitrogens with one attached hydrogen (secondary N) is 2. The maximum absolute atomic E-state index is 12.1. The third kappa shape index (κ3) is 7.96. The molecule has 2 rings (SSSR count). The van der Waals surface area contributed by atoms with Crippen molar-refractivity contribution in [1.82, 2.24) is 15.2 Å². The van der Waals surface area contributed by atoms with E-state index in [4.69, 9.17) is 0 Å². The van der Waals surface area contributed by atoms with Crippen LogP contribution in [0.4, 0.5) is 0 Å². The summed E-state index contributed by atoms with van der Waals surface area (Å²) in [5.74, 6) is 1.95. The molecule has 1 heterocycles. The summed E-state index contributed by atoms with van der Waals surface area (Å²) >= 11 is 0. The highest BCUT2D eigenvalue weighted by Gasteiger charge is 2.03. The van der Waals surface area contributed by atoms with Gasteiger partial charge in [-0.3, -0.25) is 9.20 Å². The Balaban J connectivity index is 0.00000288. The zero-order valence-corrected chi connectivity index (χ0v) is 17.0. The number of nitrogens with zero attached hydrogens (tertiary/aromatic N) is 2. The van der Waals surface area contributed by atoms with Crippen LogP contribution < -0.4 is 10.6 Å². The molecule has 0 fully saturated rings. The first-order chi connectivity index (χ1) is 11.3. The van der Waals surface area contributed by atoms with Crippen LogP contribution in [-0.4, -0.2) is 40.6 Å². The SMILES string of the molecule is CN=C(NCCn1cccc1)NCCS(=O)Cc1ccccc1.I. The molecule has 1 unspecified atom stereocenters. The normalized spacial score (nSPS) is 12.3. The van der Waals surface area contributed by atoms with Gasteiger partial charge < -0.3 is 15.2 Å². The van der Waals surface area contributed by atoms with Crippen LogP contribution in [0.2, 0.25) is 0 Å². The molecule has 1 aromatic heterocycles. The number of aliphatic imine (C=N–C) groups is 1. The molecule has 2 aromatic rings. The van der Waals surface area contributed by atoms with Gasteiger partial charge in [0.1, 0.15) is 0 Å². The van der Waals surface area contributed by atoms with Gasteiger partial charge in [0.05, 0.1) is 0 Å². The summed E-state index contributed by atoms with van der Waals surface area (Å²) in [5.41, 5.74) is 1.11. The van der Waals surface area contributed by atoms with Crippen LogP contribution in [-0.2, 0) is 23.1 Å². The molecule has 24 heavy (non-hydrogen) atoms. The Bertz CT molecular complexity index is 617. The van der Waals surface area contributed by atoms with Gasteiger partial charge in [0.2, 0.25) is 0 Å². The van der Waals surface area contributed by atoms with E-state index in [1.807, 2.05) is 54.9 Å². The fourth-order valence-electron chi connectivity index (χ4n) is 2.16. The summed E-state index contributed by atoms with van der Waals surface area (Å²) in [7, 11) is 0.873. The number of hydrogen-bond acceptors (Lipinski definition) is 2. The van der Waals surface area contributed by atoms with Crippen molar-refractivity contribution in [2.24, 2.45) is 4.99 Å². The highest BCUT2D eigenvalue weighted by Crippen LogP contribution is 2.02. The van der Waals surface area contributed by atoms with Crippen molar-refractivity contribution >= 4 is 40.7 Å². The molecule has 0 radical (unpaired) electrons. The summed E-state index contributed by atoms with van der Waals surface area (Å²) in [6.45, 7) is 2.32. The topological polar surface area (TPSA) is 58.4 Å². The molecule has 0 spiro atoms. The zero-order chi connectivity index (χ0) is 16.3. The van der Waals surface area contributed by atoms with E-state index in [9.17, 15) is 4.21 Å². The second kappa shape index (κ2) is 12.1. The standard InChI is InChI=1S/C17H24N4OS.HI/c1-18-17(19-9-13-21-11-5-6-12-21)20-10-14-23(22)15-16-7-3-2-4-8-16;/h2-8,11-12H,9-10,13-15H2,1H3,(H2,18,19,20);1H. The molecule has 0 aliphatic heterocycles. The Morgan fingerprint density at radius 2 is 1.75 bits per heavy atom. The van der Waals surface area contributed by atoms with Gasteiger partial charge in [-0.1, -0.05) is 30.3 Å². The van der Waals surface area contributed by atoms with Crippen LogP contribution in [0.5, 0.6) is 0 Å². The summed E-state index contributed by atoms with van der Waals surface area (Å²) < 4.78 is 14.2. The fraction of sp³-hybridized carbons (Fsp3) is 0.353. The molecule has 1 aromatic carbocycles. The summed E-state index contributed by atoms with van der Waals surface area (Å²) in [6.07, 6.45) is 4.06. The Morgan fingerprint density at radius 1 is 1.08 bits per heavy atom. The van der Waals surface area contributed by atoms with Gasteiger partial charge in [0.25, 0.3) is 0 Å². The van der Waals surface area contributed by atoms with Crippen LogP contribution >= 0.6 is 24.0 Å². The monoisotopic (exact) mass is 460 g/mol. The van der Waals surface area contributed by atoms with Gasteiger partial charge >= 0.3 is 0 Å². The van der Waals surface area contributed by atoms with Crippen molar-refractivity contribution in [3.63, 3.8) is 0 Å². The number of hydrogen-bond donors (Lipinski definition) is 2. The smallest absolute Gasteiger partial charge is 0.191 e. The number of guanidine groups is 1.